The average Bonchev–Trinajstić information content (AvgIpc) is 3.28. The molecule has 0 atom stereocenters. The molecule has 2 aromatic carbocycles. The van der Waals surface area contributed by atoms with Crippen LogP contribution >= 0.6 is 11.6 Å². The van der Waals surface area contributed by atoms with Crippen molar-refractivity contribution in [3.8, 4) is 17.0 Å². The fraction of sp³-hybridized carbons (Fsp3) is 0.360. The van der Waals surface area contributed by atoms with Crippen molar-refractivity contribution in [3.05, 3.63) is 70.9 Å². The number of alkyl halides is 3. The summed E-state index contributed by atoms with van der Waals surface area (Å²) in [6.45, 7) is 0.774. The summed E-state index contributed by atoms with van der Waals surface area (Å²) in [7, 11) is 1.63. The second-order valence-corrected chi connectivity index (χ2v) is 8.94. The van der Waals surface area contributed by atoms with E-state index in [2.05, 4.69) is 10.4 Å². The number of halogens is 4. The molecule has 1 saturated carbocycles. The molecular formula is C25H25ClF3N3O2. The van der Waals surface area contributed by atoms with Crippen LogP contribution in [0.4, 0.5) is 13.2 Å². The normalized spacial score (nSPS) is 18.5. The van der Waals surface area contributed by atoms with Crippen LogP contribution < -0.4 is 10.1 Å². The van der Waals surface area contributed by atoms with Gasteiger partial charge in [0.15, 0.2) is 0 Å². The van der Waals surface area contributed by atoms with Crippen LogP contribution in [0.5, 0.6) is 5.75 Å². The zero-order chi connectivity index (χ0) is 24.3. The lowest BCUT2D eigenvalue weighted by molar-refractivity contribution is -0.137. The van der Waals surface area contributed by atoms with Gasteiger partial charge in [-0.2, -0.15) is 18.3 Å². The molecule has 4 rings (SSSR count). The topological polar surface area (TPSA) is 56.1 Å². The predicted molar refractivity (Wildman–Crippen MR) is 124 cm³/mol. The van der Waals surface area contributed by atoms with E-state index in [4.69, 9.17) is 16.3 Å². The third-order valence-corrected chi connectivity index (χ3v) is 6.52. The smallest absolute Gasteiger partial charge is 0.416 e. The van der Waals surface area contributed by atoms with Crippen molar-refractivity contribution in [2.45, 2.75) is 44.4 Å². The number of amides is 1. The van der Waals surface area contributed by atoms with E-state index in [1.165, 1.54) is 0 Å². The number of aromatic nitrogens is 2. The Labute approximate surface area is 200 Å². The van der Waals surface area contributed by atoms with E-state index in [0.717, 1.165) is 67.4 Å². The average molecular weight is 492 g/mol. The van der Waals surface area contributed by atoms with Gasteiger partial charge < -0.3 is 10.1 Å². The number of benzene rings is 2. The maximum atomic E-state index is 13.0. The van der Waals surface area contributed by atoms with Crippen LogP contribution in [0.1, 0.15) is 41.6 Å². The number of ether oxygens (including phenoxy) is 1. The zero-order valence-corrected chi connectivity index (χ0v) is 19.4. The minimum absolute atomic E-state index is 0.00512. The summed E-state index contributed by atoms with van der Waals surface area (Å²) >= 11 is 5.99. The molecule has 9 heteroatoms. The maximum Gasteiger partial charge on any atom is 0.416 e. The third kappa shape index (κ3) is 5.73. The summed E-state index contributed by atoms with van der Waals surface area (Å²) in [4.78, 5) is 12.6. The Morgan fingerprint density at radius 3 is 2.47 bits per heavy atom. The molecule has 0 saturated heterocycles. The van der Waals surface area contributed by atoms with Crippen LogP contribution in [-0.4, -0.2) is 28.8 Å². The first kappa shape index (κ1) is 24.1. The number of hydrogen-bond donors (Lipinski definition) is 1. The SMILES string of the molecule is COc1ccc(-c2ccn(CC3CCC(NC(=O)c4cc(C(F)(F)F)ccc4Cl)CC3)n2)cc1. The number of methoxy groups -OCH3 is 1. The molecule has 34 heavy (non-hydrogen) atoms. The molecule has 0 radical (unpaired) electrons. The van der Waals surface area contributed by atoms with E-state index < -0.39 is 17.6 Å². The first-order chi connectivity index (χ1) is 16.2. The standard InChI is InChI=1S/C25H25ClF3N3O2/c1-34-20-9-4-17(5-10-20)23-12-13-32(31-23)15-16-2-7-19(8-3-16)30-24(33)21-14-18(25(27,28)29)6-11-22(21)26/h4-6,9-14,16,19H,2-3,7-8,15H2,1H3,(H,30,33). The van der Waals surface area contributed by atoms with Crippen molar-refractivity contribution < 1.29 is 22.7 Å². The minimum atomic E-state index is -4.53. The summed E-state index contributed by atoms with van der Waals surface area (Å²) in [5.41, 5.74) is 0.862. The highest BCUT2D eigenvalue weighted by Gasteiger charge is 2.32. The Hall–Kier alpha value is -3.00. The van der Waals surface area contributed by atoms with Crippen LogP contribution in [0.25, 0.3) is 11.3 Å². The molecule has 0 spiro atoms. The van der Waals surface area contributed by atoms with Gasteiger partial charge in [-0.3, -0.25) is 9.48 Å². The fourth-order valence-corrected chi connectivity index (χ4v) is 4.48. The van der Waals surface area contributed by atoms with E-state index in [1.54, 1.807) is 7.11 Å². The summed E-state index contributed by atoms with van der Waals surface area (Å²) in [5, 5.41) is 7.53. The number of nitrogens with zero attached hydrogens (tertiary/aromatic N) is 2. The number of rotatable bonds is 6. The van der Waals surface area contributed by atoms with E-state index in [0.29, 0.717) is 5.92 Å². The van der Waals surface area contributed by atoms with Gasteiger partial charge in [0.2, 0.25) is 0 Å². The van der Waals surface area contributed by atoms with Crippen molar-refractivity contribution in [1.82, 2.24) is 15.1 Å². The van der Waals surface area contributed by atoms with Gasteiger partial charge in [-0.25, -0.2) is 0 Å². The van der Waals surface area contributed by atoms with Crippen LogP contribution in [0.3, 0.4) is 0 Å². The van der Waals surface area contributed by atoms with Gasteiger partial charge in [0.05, 0.1) is 29.0 Å². The molecule has 180 valence electrons. The molecule has 0 unspecified atom stereocenters. The molecule has 1 amide bonds. The molecular weight excluding hydrogens is 467 g/mol. The third-order valence-electron chi connectivity index (χ3n) is 6.19. The van der Waals surface area contributed by atoms with Crippen LogP contribution in [0.2, 0.25) is 5.02 Å². The molecule has 1 aliphatic carbocycles. The number of nitrogens with one attached hydrogen (secondary N) is 1. The van der Waals surface area contributed by atoms with Crippen LogP contribution in [0, 0.1) is 5.92 Å². The number of hydrogen-bond acceptors (Lipinski definition) is 3. The Bertz CT molecular complexity index is 1140. The lowest BCUT2D eigenvalue weighted by Gasteiger charge is -2.29. The summed E-state index contributed by atoms with van der Waals surface area (Å²) in [5.74, 6) is 0.632. The highest BCUT2D eigenvalue weighted by atomic mass is 35.5. The van der Waals surface area contributed by atoms with Crippen LogP contribution in [0.15, 0.2) is 54.7 Å². The highest BCUT2D eigenvalue weighted by Crippen LogP contribution is 2.32. The molecule has 0 bridgehead atoms. The molecule has 1 heterocycles. The van der Waals surface area contributed by atoms with Crippen LogP contribution in [-0.2, 0) is 12.7 Å². The lowest BCUT2D eigenvalue weighted by Crippen LogP contribution is -2.38. The van der Waals surface area contributed by atoms with Gasteiger partial charge in [0, 0.05) is 24.3 Å². The first-order valence-corrected chi connectivity index (χ1v) is 11.5. The number of carbonyl (C=O) groups is 1. The summed E-state index contributed by atoms with van der Waals surface area (Å²) < 4.78 is 46.1. The lowest BCUT2D eigenvalue weighted by atomic mass is 9.86. The second kappa shape index (κ2) is 10.1. The molecule has 1 aromatic heterocycles. The largest absolute Gasteiger partial charge is 0.497 e. The quantitative estimate of drug-likeness (QED) is 0.445. The number of carbonyl (C=O) groups excluding carboxylic acids is 1. The summed E-state index contributed by atoms with van der Waals surface area (Å²) in [6, 6.07) is 12.4. The molecule has 1 aliphatic rings. The summed E-state index contributed by atoms with van der Waals surface area (Å²) in [6.07, 6.45) is 0.706. The maximum absolute atomic E-state index is 13.0. The second-order valence-electron chi connectivity index (χ2n) is 8.54. The Kier molecular flexibility index (Phi) is 7.16. The van der Waals surface area contributed by atoms with Gasteiger partial charge in [0.1, 0.15) is 5.75 Å². The van der Waals surface area contributed by atoms with Gasteiger partial charge >= 0.3 is 6.18 Å². The van der Waals surface area contributed by atoms with E-state index >= 15 is 0 Å². The predicted octanol–water partition coefficient (Wildman–Crippen LogP) is 6.22. The monoisotopic (exact) mass is 491 g/mol. The van der Waals surface area contributed by atoms with Crippen molar-refractivity contribution in [2.24, 2.45) is 5.92 Å². The van der Waals surface area contributed by atoms with Crippen molar-refractivity contribution >= 4 is 17.5 Å². The van der Waals surface area contributed by atoms with Crippen molar-refractivity contribution in [2.75, 3.05) is 7.11 Å². The highest BCUT2D eigenvalue weighted by molar-refractivity contribution is 6.33. The van der Waals surface area contributed by atoms with Gasteiger partial charge in [-0.15, -0.1) is 0 Å². The fourth-order valence-electron chi connectivity index (χ4n) is 4.27. The Morgan fingerprint density at radius 1 is 1.12 bits per heavy atom. The molecule has 3 aromatic rings. The van der Waals surface area contributed by atoms with E-state index in [9.17, 15) is 18.0 Å². The van der Waals surface area contributed by atoms with Gasteiger partial charge in [-0.05, 0) is 80.1 Å². The molecule has 1 fully saturated rings. The first-order valence-electron chi connectivity index (χ1n) is 11.1. The molecule has 0 aliphatic heterocycles. The van der Waals surface area contributed by atoms with E-state index in [-0.39, 0.29) is 16.6 Å². The van der Waals surface area contributed by atoms with E-state index in [1.807, 2.05) is 41.2 Å². The minimum Gasteiger partial charge on any atom is -0.497 e. The van der Waals surface area contributed by atoms with Gasteiger partial charge in [0.25, 0.3) is 5.91 Å². The molecule has 5 nitrogen and oxygen atoms in total. The van der Waals surface area contributed by atoms with Crippen molar-refractivity contribution in [1.29, 1.82) is 0 Å². The van der Waals surface area contributed by atoms with Gasteiger partial charge in [-0.1, -0.05) is 11.6 Å². The zero-order valence-electron chi connectivity index (χ0n) is 18.6. The molecule has 1 N–H and O–H groups in total. The Balaban J connectivity index is 1.30. The van der Waals surface area contributed by atoms with Crippen molar-refractivity contribution in [3.63, 3.8) is 0 Å². The Morgan fingerprint density at radius 2 is 1.82 bits per heavy atom.